The first kappa shape index (κ1) is 12.8. The van der Waals surface area contributed by atoms with E-state index >= 15 is 0 Å². The molecule has 1 atom stereocenters. The summed E-state index contributed by atoms with van der Waals surface area (Å²) in [7, 11) is 0. The third kappa shape index (κ3) is 3.19. The number of hydrogen-bond acceptors (Lipinski definition) is 5. The summed E-state index contributed by atoms with van der Waals surface area (Å²) < 4.78 is 2.02. The van der Waals surface area contributed by atoms with E-state index in [1.54, 1.807) is 11.8 Å². The summed E-state index contributed by atoms with van der Waals surface area (Å²) in [6, 6.07) is 0.517. The topological polar surface area (TPSA) is 69.6 Å². The molecule has 0 radical (unpaired) electrons. The fourth-order valence-electron chi connectivity index (χ4n) is 2.32. The van der Waals surface area contributed by atoms with Crippen LogP contribution in [0.25, 0.3) is 0 Å². The highest BCUT2D eigenvalue weighted by molar-refractivity contribution is 7.99. The van der Waals surface area contributed by atoms with Gasteiger partial charge < -0.3 is 5.73 Å². The van der Waals surface area contributed by atoms with Crippen LogP contribution in [0.15, 0.2) is 5.16 Å². The Morgan fingerprint density at radius 2 is 2.24 bits per heavy atom. The summed E-state index contributed by atoms with van der Waals surface area (Å²) in [5.74, 6) is 0. The molecule has 1 aliphatic carbocycles. The Bertz CT molecular complexity index is 334. The lowest BCUT2D eigenvalue weighted by Crippen LogP contribution is -2.13. The lowest BCUT2D eigenvalue weighted by Gasteiger charge is -2.15. The van der Waals surface area contributed by atoms with Gasteiger partial charge in [-0.05, 0) is 42.7 Å². The van der Waals surface area contributed by atoms with Crippen LogP contribution in [-0.4, -0.2) is 32.0 Å². The van der Waals surface area contributed by atoms with Crippen LogP contribution in [0.2, 0.25) is 0 Å². The third-order valence-corrected chi connectivity index (χ3v) is 4.73. The van der Waals surface area contributed by atoms with Gasteiger partial charge in [-0.3, -0.25) is 0 Å². The average Bonchev–Trinajstić information content (AvgIpc) is 2.98. The Morgan fingerprint density at radius 1 is 1.47 bits per heavy atom. The van der Waals surface area contributed by atoms with Crippen molar-refractivity contribution in [2.45, 2.75) is 61.9 Å². The standard InChI is InChI=1S/C11H21N5S/c1-2-10(7-8-12)17-11-13-14-15-16(11)9-5-3-4-6-9/h9-10H,2-8,12H2,1H3. The molecule has 2 N–H and O–H groups in total. The summed E-state index contributed by atoms with van der Waals surface area (Å²) >= 11 is 1.78. The van der Waals surface area contributed by atoms with E-state index in [0.29, 0.717) is 11.3 Å². The molecular weight excluding hydrogens is 234 g/mol. The summed E-state index contributed by atoms with van der Waals surface area (Å²) in [5.41, 5.74) is 5.62. The molecule has 1 heterocycles. The largest absolute Gasteiger partial charge is 0.330 e. The second kappa shape index (κ2) is 6.35. The van der Waals surface area contributed by atoms with Gasteiger partial charge in [0.1, 0.15) is 0 Å². The zero-order chi connectivity index (χ0) is 12.1. The number of rotatable bonds is 6. The van der Waals surface area contributed by atoms with Crippen LogP contribution < -0.4 is 5.73 Å². The van der Waals surface area contributed by atoms with Crippen molar-refractivity contribution < 1.29 is 0 Å². The first-order chi connectivity index (χ1) is 8.35. The SMILES string of the molecule is CCC(CCN)Sc1nnnn1C1CCCC1. The van der Waals surface area contributed by atoms with E-state index in [0.717, 1.165) is 24.5 Å². The van der Waals surface area contributed by atoms with E-state index in [4.69, 9.17) is 5.73 Å². The smallest absolute Gasteiger partial charge is 0.209 e. The molecule has 1 unspecified atom stereocenters. The molecular formula is C11H21N5S. The molecule has 0 saturated heterocycles. The second-order valence-corrected chi connectivity index (χ2v) is 5.84. The number of aromatic nitrogens is 4. The molecule has 5 nitrogen and oxygen atoms in total. The van der Waals surface area contributed by atoms with Crippen LogP contribution in [0.5, 0.6) is 0 Å². The molecule has 96 valence electrons. The summed E-state index contributed by atoms with van der Waals surface area (Å²) in [6.07, 6.45) is 7.17. The van der Waals surface area contributed by atoms with E-state index < -0.39 is 0 Å². The molecule has 0 aromatic carbocycles. The Balaban J connectivity index is 2.02. The van der Waals surface area contributed by atoms with Crippen LogP contribution in [0.4, 0.5) is 0 Å². The Morgan fingerprint density at radius 3 is 2.88 bits per heavy atom. The lowest BCUT2D eigenvalue weighted by molar-refractivity contribution is 0.422. The Hall–Kier alpha value is -0.620. The van der Waals surface area contributed by atoms with Crippen molar-refractivity contribution in [2.75, 3.05) is 6.54 Å². The van der Waals surface area contributed by atoms with Gasteiger partial charge in [-0.2, -0.15) is 0 Å². The summed E-state index contributed by atoms with van der Waals surface area (Å²) in [6.45, 7) is 2.92. The van der Waals surface area contributed by atoms with Gasteiger partial charge in [0.15, 0.2) is 0 Å². The Labute approximate surface area is 107 Å². The fraction of sp³-hybridized carbons (Fsp3) is 0.909. The maximum atomic E-state index is 5.62. The van der Waals surface area contributed by atoms with Crippen molar-refractivity contribution in [3.05, 3.63) is 0 Å². The molecule has 1 aliphatic rings. The van der Waals surface area contributed by atoms with Gasteiger partial charge >= 0.3 is 0 Å². The molecule has 0 bridgehead atoms. The minimum atomic E-state index is 0.517. The molecule has 1 fully saturated rings. The van der Waals surface area contributed by atoms with Crippen LogP contribution in [0, 0.1) is 0 Å². The molecule has 0 aliphatic heterocycles. The van der Waals surface area contributed by atoms with Crippen LogP contribution >= 0.6 is 11.8 Å². The highest BCUT2D eigenvalue weighted by atomic mass is 32.2. The van der Waals surface area contributed by atoms with Gasteiger partial charge in [-0.15, -0.1) is 5.10 Å². The van der Waals surface area contributed by atoms with E-state index in [1.807, 2.05) is 4.68 Å². The molecule has 6 heteroatoms. The fourth-order valence-corrected chi connectivity index (χ4v) is 3.42. The maximum absolute atomic E-state index is 5.62. The lowest BCUT2D eigenvalue weighted by atomic mass is 10.2. The third-order valence-electron chi connectivity index (χ3n) is 3.35. The molecule has 1 aromatic heterocycles. The predicted molar refractivity (Wildman–Crippen MR) is 68.9 cm³/mol. The second-order valence-electron chi connectivity index (χ2n) is 4.57. The molecule has 1 aromatic rings. The predicted octanol–water partition coefficient (Wildman–Crippen LogP) is 2.01. The summed E-state index contributed by atoms with van der Waals surface area (Å²) in [4.78, 5) is 0. The van der Waals surface area contributed by atoms with Crippen molar-refractivity contribution in [3.8, 4) is 0 Å². The van der Waals surface area contributed by atoms with E-state index in [2.05, 4.69) is 22.4 Å². The van der Waals surface area contributed by atoms with Crippen LogP contribution in [0.1, 0.15) is 51.5 Å². The molecule has 0 amide bonds. The number of nitrogens with zero attached hydrogens (tertiary/aromatic N) is 4. The highest BCUT2D eigenvalue weighted by Crippen LogP contribution is 2.33. The molecule has 2 rings (SSSR count). The maximum Gasteiger partial charge on any atom is 0.209 e. The zero-order valence-electron chi connectivity index (χ0n) is 10.4. The van der Waals surface area contributed by atoms with E-state index in [-0.39, 0.29) is 0 Å². The van der Waals surface area contributed by atoms with Gasteiger partial charge in [-0.25, -0.2) is 4.68 Å². The van der Waals surface area contributed by atoms with Gasteiger partial charge in [0, 0.05) is 5.25 Å². The van der Waals surface area contributed by atoms with Crippen LogP contribution in [-0.2, 0) is 0 Å². The molecule has 1 saturated carbocycles. The highest BCUT2D eigenvalue weighted by Gasteiger charge is 2.22. The number of tetrazole rings is 1. The first-order valence-electron chi connectivity index (χ1n) is 6.49. The minimum Gasteiger partial charge on any atom is -0.330 e. The van der Waals surface area contributed by atoms with Crippen molar-refractivity contribution in [3.63, 3.8) is 0 Å². The van der Waals surface area contributed by atoms with Crippen molar-refractivity contribution in [1.82, 2.24) is 20.2 Å². The normalized spacial score (nSPS) is 18.7. The van der Waals surface area contributed by atoms with E-state index in [1.165, 1.54) is 25.7 Å². The van der Waals surface area contributed by atoms with Gasteiger partial charge in [0.2, 0.25) is 5.16 Å². The zero-order valence-corrected chi connectivity index (χ0v) is 11.2. The van der Waals surface area contributed by atoms with Crippen molar-refractivity contribution >= 4 is 11.8 Å². The van der Waals surface area contributed by atoms with Crippen LogP contribution in [0.3, 0.4) is 0 Å². The van der Waals surface area contributed by atoms with Gasteiger partial charge in [0.05, 0.1) is 6.04 Å². The molecule has 0 spiro atoms. The number of thioether (sulfide) groups is 1. The molecule has 17 heavy (non-hydrogen) atoms. The van der Waals surface area contributed by atoms with Gasteiger partial charge in [-0.1, -0.05) is 31.5 Å². The van der Waals surface area contributed by atoms with Gasteiger partial charge in [0.25, 0.3) is 0 Å². The first-order valence-corrected chi connectivity index (χ1v) is 7.37. The average molecular weight is 255 g/mol. The van der Waals surface area contributed by atoms with Crippen molar-refractivity contribution in [1.29, 1.82) is 0 Å². The quantitative estimate of drug-likeness (QED) is 0.787. The summed E-state index contributed by atoms with van der Waals surface area (Å²) in [5, 5.41) is 13.6. The monoisotopic (exact) mass is 255 g/mol. The van der Waals surface area contributed by atoms with Crippen molar-refractivity contribution in [2.24, 2.45) is 5.73 Å². The number of nitrogens with two attached hydrogens (primary N) is 1. The Kier molecular flexibility index (Phi) is 4.79. The number of hydrogen-bond donors (Lipinski definition) is 1. The van der Waals surface area contributed by atoms with E-state index in [9.17, 15) is 0 Å². The minimum absolute atomic E-state index is 0.517.